The normalized spacial score (nSPS) is 9.92. The van der Waals surface area contributed by atoms with Gasteiger partial charge in [-0.05, 0) is 36.4 Å². The van der Waals surface area contributed by atoms with Gasteiger partial charge in [-0.15, -0.1) is 12.4 Å². The van der Waals surface area contributed by atoms with Crippen molar-refractivity contribution in [1.29, 1.82) is 0 Å². The molecule has 2 aromatic rings. The number of nitrogens with one attached hydrogen (secondary N) is 2. The highest BCUT2D eigenvalue weighted by atomic mass is 35.5. The molecule has 0 saturated heterocycles. The Balaban J connectivity index is 0.00000288. The topological polar surface area (TPSA) is 50.4 Å². The highest BCUT2D eigenvalue weighted by Gasteiger charge is 2.06. The molecule has 2 aromatic carbocycles. The van der Waals surface area contributed by atoms with E-state index in [1.807, 2.05) is 19.1 Å². The molecule has 0 aliphatic rings. The first-order chi connectivity index (χ1) is 11.2. The van der Waals surface area contributed by atoms with Crippen LogP contribution < -0.4 is 15.4 Å². The smallest absolute Gasteiger partial charge is 0.251 e. The monoisotopic (exact) mass is 352 g/mol. The minimum atomic E-state index is -0.337. The molecule has 130 valence electrons. The van der Waals surface area contributed by atoms with Gasteiger partial charge in [0.05, 0.1) is 0 Å². The van der Waals surface area contributed by atoms with Crippen LogP contribution >= 0.6 is 12.4 Å². The van der Waals surface area contributed by atoms with E-state index < -0.39 is 0 Å². The van der Waals surface area contributed by atoms with Crippen molar-refractivity contribution in [3.05, 3.63) is 65.5 Å². The van der Waals surface area contributed by atoms with Crippen LogP contribution in [-0.4, -0.2) is 25.5 Å². The van der Waals surface area contributed by atoms with Crippen molar-refractivity contribution in [2.24, 2.45) is 0 Å². The minimum absolute atomic E-state index is 0. The lowest BCUT2D eigenvalue weighted by Gasteiger charge is -2.09. The highest BCUT2D eigenvalue weighted by molar-refractivity contribution is 5.94. The van der Waals surface area contributed by atoms with E-state index >= 15 is 0 Å². The maximum Gasteiger partial charge on any atom is 0.251 e. The Bertz CT molecular complexity index is 652. The zero-order valence-electron chi connectivity index (χ0n) is 13.5. The van der Waals surface area contributed by atoms with Crippen molar-refractivity contribution < 1.29 is 13.9 Å². The third kappa shape index (κ3) is 6.56. The molecule has 0 aliphatic heterocycles. The second-order valence-corrected chi connectivity index (χ2v) is 5.06. The number of hydrogen-bond donors (Lipinski definition) is 2. The summed E-state index contributed by atoms with van der Waals surface area (Å²) in [6.45, 7) is 4.50. The molecule has 1 amide bonds. The van der Waals surface area contributed by atoms with Gasteiger partial charge < -0.3 is 15.4 Å². The molecule has 0 bridgehead atoms. The zero-order chi connectivity index (χ0) is 16.5. The van der Waals surface area contributed by atoms with Crippen molar-refractivity contribution in [2.45, 2.75) is 13.5 Å². The molecular weight excluding hydrogens is 331 g/mol. The third-order valence-electron chi connectivity index (χ3n) is 3.23. The van der Waals surface area contributed by atoms with Gasteiger partial charge in [0, 0.05) is 24.7 Å². The van der Waals surface area contributed by atoms with Crippen molar-refractivity contribution in [2.75, 3.05) is 19.6 Å². The first-order valence-corrected chi connectivity index (χ1v) is 7.65. The molecule has 0 fully saturated rings. The van der Waals surface area contributed by atoms with Gasteiger partial charge in [-0.25, -0.2) is 4.39 Å². The van der Waals surface area contributed by atoms with Gasteiger partial charge in [0.2, 0.25) is 0 Å². The molecule has 4 nitrogen and oxygen atoms in total. The van der Waals surface area contributed by atoms with E-state index in [1.165, 1.54) is 12.1 Å². The third-order valence-corrected chi connectivity index (χ3v) is 3.23. The molecule has 0 saturated carbocycles. The van der Waals surface area contributed by atoms with E-state index in [0.29, 0.717) is 17.9 Å². The summed E-state index contributed by atoms with van der Waals surface area (Å²) in [6, 6.07) is 13.2. The first-order valence-electron chi connectivity index (χ1n) is 7.65. The summed E-state index contributed by atoms with van der Waals surface area (Å²) in [5.74, 6) is 0.0114. The number of benzene rings is 2. The van der Waals surface area contributed by atoms with Crippen LogP contribution in [0.2, 0.25) is 0 Å². The van der Waals surface area contributed by atoms with Crippen LogP contribution in [0.4, 0.5) is 4.39 Å². The molecule has 0 heterocycles. The van der Waals surface area contributed by atoms with Crippen LogP contribution in [0.15, 0.2) is 48.5 Å². The van der Waals surface area contributed by atoms with Crippen molar-refractivity contribution in [3.63, 3.8) is 0 Å². The molecule has 0 spiro atoms. The lowest BCUT2D eigenvalue weighted by Crippen LogP contribution is -2.31. The van der Waals surface area contributed by atoms with Crippen LogP contribution in [-0.2, 0) is 6.61 Å². The Hall–Kier alpha value is -2.11. The fraction of sp³-hybridized carbons (Fsp3) is 0.278. The number of hydrogen-bond acceptors (Lipinski definition) is 3. The summed E-state index contributed by atoms with van der Waals surface area (Å²) in [7, 11) is 0. The van der Waals surface area contributed by atoms with Gasteiger partial charge >= 0.3 is 0 Å². The van der Waals surface area contributed by atoms with E-state index in [-0.39, 0.29) is 30.7 Å². The Morgan fingerprint density at radius 1 is 1.12 bits per heavy atom. The maximum atomic E-state index is 13.1. The van der Waals surface area contributed by atoms with Gasteiger partial charge in [0.25, 0.3) is 5.91 Å². The van der Waals surface area contributed by atoms with E-state index in [4.69, 9.17) is 4.74 Å². The summed E-state index contributed by atoms with van der Waals surface area (Å²) in [6.07, 6.45) is 0. The van der Waals surface area contributed by atoms with Crippen molar-refractivity contribution >= 4 is 18.3 Å². The van der Waals surface area contributed by atoms with Crippen LogP contribution in [0.5, 0.6) is 5.75 Å². The molecule has 2 rings (SSSR count). The molecule has 6 heteroatoms. The van der Waals surface area contributed by atoms with Gasteiger partial charge in [0.1, 0.15) is 18.2 Å². The summed E-state index contributed by atoms with van der Waals surface area (Å²) in [5.41, 5.74) is 1.44. The quantitative estimate of drug-likeness (QED) is 0.717. The summed E-state index contributed by atoms with van der Waals surface area (Å²) in [5, 5.41) is 5.99. The molecule has 0 aromatic heterocycles. The summed E-state index contributed by atoms with van der Waals surface area (Å²) < 4.78 is 18.6. The minimum Gasteiger partial charge on any atom is -0.489 e. The van der Waals surface area contributed by atoms with Gasteiger partial charge in [-0.1, -0.05) is 25.1 Å². The fourth-order valence-electron chi connectivity index (χ4n) is 2.07. The average molecular weight is 353 g/mol. The maximum absolute atomic E-state index is 13.1. The predicted molar refractivity (Wildman–Crippen MR) is 95.3 cm³/mol. The second kappa shape index (κ2) is 10.6. The zero-order valence-corrected chi connectivity index (χ0v) is 14.4. The summed E-state index contributed by atoms with van der Waals surface area (Å²) in [4.78, 5) is 12.0. The molecule has 0 aliphatic carbocycles. The molecule has 2 N–H and O–H groups in total. The number of amides is 1. The number of carbonyl (C=O) groups excluding carboxylic acids is 1. The molecule has 0 atom stereocenters. The molecule has 24 heavy (non-hydrogen) atoms. The van der Waals surface area contributed by atoms with E-state index in [2.05, 4.69) is 10.6 Å². The van der Waals surface area contributed by atoms with Crippen LogP contribution in [0, 0.1) is 5.82 Å². The second-order valence-electron chi connectivity index (χ2n) is 5.06. The predicted octanol–water partition coefficient (Wildman–Crippen LogP) is 3.17. The van der Waals surface area contributed by atoms with Gasteiger partial charge in [-0.3, -0.25) is 4.79 Å². The fourth-order valence-corrected chi connectivity index (χ4v) is 2.07. The standard InChI is InChI=1S/C18H21FN2O2.ClH/c1-2-20-9-10-21-18(22)15-6-3-5-14(11-15)13-23-17-8-4-7-16(19)12-17;/h3-8,11-12,20H,2,9-10,13H2,1H3,(H,21,22);1H. The van der Waals surface area contributed by atoms with Crippen molar-refractivity contribution in [1.82, 2.24) is 10.6 Å². The van der Waals surface area contributed by atoms with E-state index in [0.717, 1.165) is 18.7 Å². The lowest BCUT2D eigenvalue weighted by atomic mass is 10.1. The number of ether oxygens (including phenoxy) is 1. The van der Waals surface area contributed by atoms with E-state index in [9.17, 15) is 9.18 Å². The van der Waals surface area contributed by atoms with Gasteiger partial charge in [0.15, 0.2) is 0 Å². The average Bonchev–Trinajstić information content (AvgIpc) is 2.57. The molecule has 0 radical (unpaired) electrons. The number of likely N-dealkylation sites (N-methyl/N-ethyl adjacent to an activating group) is 1. The number of carbonyl (C=O) groups is 1. The van der Waals surface area contributed by atoms with Gasteiger partial charge in [-0.2, -0.15) is 0 Å². The molecule has 0 unspecified atom stereocenters. The Labute approximate surface area is 147 Å². The Morgan fingerprint density at radius 2 is 1.92 bits per heavy atom. The van der Waals surface area contributed by atoms with Crippen LogP contribution in [0.1, 0.15) is 22.8 Å². The van der Waals surface area contributed by atoms with Crippen molar-refractivity contribution in [3.8, 4) is 5.75 Å². The molecular formula is C18H22ClFN2O2. The largest absolute Gasteiger partial charge is 0.489 e. The van der Waals surface area contributed by atoms with Crippen LogP contribution in [0.3, 0.4) is 0 Å². The Morgan fingerprint density at radius 3 is 2.67 bits per heavy atom. The van der Waals surface area contributed by atoms with Crippen LogP contribution in [0.25, 0.3) is 0 Å². The first kappa shape index (κ1) is 19.9. The number of halogens is 2. The Kier molecular flexibility index (Phi) is 8.83. The highest BCUT2D eigenvalue weighted by Crippen LogP contribution is 2.14. The van der Waals surface area contributed by atoms with E-state index in [1.54, 1.807) is 24.3 Å². The summed E-state index contributed by atoms with van der Waals surface area (Å²) >= 11 is 0. The lowest BCUT2D eigenvalue weighted by molar-refractivity contribution is 0.0954. The SMILES string of the molecule is CCNCCNC(=O)c1cccc(COc2cccc(F)c2)c1.Cl. The number of rotatable bonds is 8.